The van der Waals surface area contributed by atoms with E-state index in [1.807, 2.05) is 31.2 Å². The monoisotopic (exact) mass is 379 g/mol. The van der Waals surface area contributed by atoms with Crippen LogP contribution in [0.3, 0.4) is 0 Å². The van der Waals surface area contributed by atoms with Crippen LogP contribution in [0, 0.1) is 6.92 Å². The van der Waals surface area contributed by atoms with Gasteiger partial charge in [0.1, 0.15) is 0 Å². The molecule has 0 aliphatic carbocycles. The Bertz CT molecular complexity index is 848. The van der Waals surface area contributed by atoms with Crippen LogP contribution in [-0.4, -0.2) is 10.2 Å². The maximum atomic E-state index is 12.7. The van der Waals surface area contributed by atoms with Gasteiger partial charge in [0.2, 0.25) is 0 Å². The number of thioether (sulfide) groups is 1. The van der Waals surface area contributed by atoms with Crippen molar-refractivity contribution in [1.82, 2.24) is 0 Å². The number of nitrogens with zero attached hydrogens (tertiary/aromatic N) is 1. The van der Waals surface area contributed by atoms with Crippen molar-refractivity contribution < 1.29 is 4.79 Å². The molecule has 1 aliphatic heterocycles. The summed E-state index contributed by atoms with van der Waals surface area (Å²) in [5.74, 6) is -0.142. The van der Waals surface area contributed by atoms with Crippen LogP contribution >= 0.6 is 47.2 Å². The number of amides is 1. The lowest BCUT2D eigenvalue weighted by Crippen LogP contribution is -2.27. The van der Waals surface area contributed by atoms with Gasteiger partial charge in [-0.2, -0.15) is 0 Å². The molecule has 2 aromatic rings. The highest BCUT2D eigenvalue weighted by atomic mass is 35.5. The first-order chi connectivity index (χ1) is 11.0. The summed E-state index contributed by atoms with van der Waals surface area (Å²) in [7, 11) is 0. The highest BCUT2D eigenvalue weighted by Crippen LogP contribution is 2.37. The molecular formula is C17H11Cl2NOS2. The van der Waals surface area contributed by atoms with Crippen LogP contribution in [0.25, 0.3) is 6.08 Å². The fourth-order valence-electron chi connectivity index (χ4n) is 2.22. The molecule has 116 valence electrons. The molecule has 1 fully saturated rings. The molecule has 2 nitrogen and oxygen atoms in total. The summed E-state index contributed by atoms with van der Waals surface area (Å²) in [5, 5.41) is 1.05. The number of carbonyl (C=O) groups excluding carboxylic acids is 1. The van der Waals surface area contributed by atoms with Gasteiger partial charge in [0.05, 0.1) is 10.6 Å². The topological polar surface area (TPSA) is 20.3 Å². The maximum Gasteiger partial charge on any atom is 0.270 e. The molecule has 1 heterocycles. The van der Waals surface area contributed by atoms with Gasteiger partial charge in [-0.05, 0) is 48.4 Å². The van der Waals surface area contributed by atoms with Gasteiger partial charge in [0, 0.05) is 10.0 Å². The van der Waals surface area contributed by atoms with Crippen LogP contribution in [0.2, 0.25) is 10.0 Å². The molecular weight excluding hydrogens is 369 g/mol. The fraction of sp³-hybridized carbons (Fsp3) is 0.0588. The number of anilines is 1. The summed E-state index contributed by atoms with van der Waals surface area (Å²) in [6.07, 6.45) is 1.74. The van der Waals surface area contributed by atoms with E-state index < -0.39 is 0 Å². The second-order valence-electron chi connectivity index (χ2n) is 5.02. The first-order valence-corrected chi connectivity index (χ1v) is 8.73. The molecule has 1 amide bonds. The van der Waals surface area contributed by atoms with Gasteiger partial charge in [-0.25, -0.2) is 0 Å². The summed E-state index contributed by atoms with van der Waals surface area (Å²) >= 11 is 18.7. The number of rotatable bonds is 2. The number of hydrogen-bond donors (Lipinski definition) is 0. The number of aryl methyl sites for hydroxylation is 1. The Balaban J connectivity index is 1.96. The van der Waals surface area contributed by atoms with Crippen LogP contribution in [0.1, 0.15) is 11.1 Å². The Labute approximate surface area is 154 Å². The van der Waals surface area contributed by atoms with E-state index in [0.29, 0.717) is 19.3 Å². The number of benzene rings is 2. The van der Waals surface area contributed by atoms with E-state index in [-0.39, 0.29) is 5.91 Å². The van der Waals surface area contributed by atoms with E-state index in [2.05, 4.69) is 0 Å². The smallest absolute Gasteiger partial charge is 0.268 e. The standard InChI is InChI=1S/C17H11Cl2NOS2/c1-10-3-2-4-13(7-10)20-16(21)15(23-17(20)22)8-11-5-6-12(18)9-14(11)19/h2-9H,1H3/b15-8-. The fourth-order valence-corrected chi connectivity index (χ4v) is 3.97. The van der Waals surface area contributed by atoms with Crippen LogP contribution < -0.4 is 4.90 Å². The van der Waals surface area contributed by atoms with Crippen molar-refractivity contribution in [3.8, 4) is 0 Å². The Hall–Kier alpha value is -1.33. The second-order valence-corrected chi connectivity index (χ2v) is 7.54. The molecule has 0 unspecified atom stereocenters. The van der Waals surface area contributed by atoms with Gasteiger partial charge in [-0.15, -0.1) is 0 Å². The Morgan fingerprint density at radius 3 is 2.65 bits per heavy atom. The van der Waals surface area contributed by atoms with Crippen LogP contribution in [0.15, 0.2) is 47.4 Å². The first-order valence-electron chi connectivity index (χ1n) is 6.75. The summed E-state index contributed by atoms with van der Waals surface area (Å²) in [6, 6.07) is 12.9. The summed E-state index contributed by atoms with van der Waals surface area (Å²) < 4.78 is 0.511. The minimum atomic E-state index is -0.142. The predicted octanol–water partition coefficient (Wildman–Crippen LogP) is 5.71. The van der Waals surface area contributed by atoms with E-state index in [0.717, 1.165) is 16.8 Å². The molecule has 0 spiro atoms. The van der Waals surface area contributed by atoms with Crippen LogP contribution in [-0.2, 0) is 4.79 Å². The van der Waals surface area contributed by atoms with Gasteiger partial charge in [0.25, 0.3) is 5.91 Å². The van der Waals surface area contributed by atoms with Crippen molar-refractivity contribution in [3.05, 3.63) is 68.5 Å². The molecule has 23 heavy (non-hydrogen) atoms. The van der Waals surface area contributed by atoms with Crippen LogP contribution in [0.5, 0.6) is 0 Å². The zero-order valence-electron chi connectivity index (χ0n) is 12.0. The van der Waals surface area contributed by atoms with E-state index in [1.165, 1.54) is 11.8 Å². The third kappa shape index (κ3) is 3.45. The molecule has 3 rings (SSSR count). The molecule has 0 N–H and O–H groups in total. The Kier molecular flexibility index (Phi) is 4.78. The molecule has 6 heteroatoms. The minimum Gasteiger partial charge on any atom is -0.268 e. The summed E-state index contributed by atoms with van der Waals surface area (Å²) in [5.41, 5.74) is 2.58. The average molecular weight is 380 g/mol. The van der Waals surface area contributed by atoms with E-state index in [4.69, 9.17) is 35.4 Å². The zero-order valence-corrected chi connectivity index (χ0v) is 15.2. The molecule has 1 aliphatic rings. The molecule has 0 atom stereocenters. The number of halogens is 2. The maximum absolute atomic E-state index is 12.7. The molecule has 0 radical (unpaired) electrons. The van der Waals surface area contributed by atoms with Gasteiger partial charge in [0.15, 0.2) is 4.32 Å². The Morgan fingerprint density at radius 1 is 1.17 bits per heavy atom. The van der Waals surface area contributed by atoms with Crippen molar-refractivity contribution >= 4 is 69.2 Å². The Morgan fingerprint density at radius 2 is 1.96 bits per heavy atom. The normalized spacial score (nSPS) is 16.5. The van der Waals surface area contributed by atoms with Gasteiger partial charge < -0.3 is 0 Å². The summed E-state index contributed by atoms with van der Waals surface area (Å²) in [6.45, 7) is 1.98. The van der Waals surface area contributed by atoms with E-state index >= 15 is 0 Å². The molecule has 0 saturated carbocycles. The van der Waals surface area contributed by atoms with Crippen molar-refractivity contribution in [2.75, 3.05) is 4.90 Å². The molecule has 2 aromatic carbocycles. The van der Waals surface area contributed by atoms with Gasteiger partial charge in [-0.3, -0.25) is 9.69 Å². The van der Waals surface area contributed by atoms with Crippen molar-refractivity contribution in [2.45, 2.75) is 6.92 Å². The number of carbonyl (C=O) groups is 1. The minimum absolute atomic E-state index is 0.142. The van der Waals surface area contributed by atoms with Crippen molar-refractivity contribution in [1.29, 1.82) is 0 Å². The van der Waals surface area contributed by atoms with Crippen molar-refractivity contribution in [2.24, 2.45) is 0 Å². The first kappa shape index (κ1) is 16.5. The van der Waals surface area contributed by atoms with Crippen molar-refractivity contribution in [3.63, 3.8) is 0 Å². The molecule has 1 saturated heterocycles. The van der Waals surface area contributed by atoms with E-state index in [1.54, 1.807) is 29.2 Å². The highest BCUT2D eigenvalue weighted by Gasteiger charge is 2.33. The zero-order chi connectivity index (χ0) is 16.6. The average Bonchev–Trinajstić information content (AvgIpc) is 2.76. The predicted molar refractivity (Wildman–Crippen MR) is 103 cm³/mol. The summed E-state index contributed by atoms with van der Waals surface area (Å²) in [4.78, 5) is 14.8. The molecule has 0 aromatic heterocycles. The lowest BCUT2D eigenvalue weighted by atomic mass is 10.2. The lowest BCUT2D eigenvalue weighted by molar-refractivity contribution is -0.113. The highest BCUT2D eigenvalue weighted by molar-refractivity contribution is 8.27. The number of hydrogen-bond acceptors (Lipinski definition) is 3. The van der Waals surface area contributed by atoms with E-state index in [9.17, 15) is 4.79 Å². The second kappa shape index (κ2) is 6.65. The SMILES string of the molecule is Cc1cccc(N2C(=O)/C(=C/c3ccc(Cl)cc3Cl)SC2=S)c1. The largest absolute Gasteiger partial charge is 0.270 e. The number of thiocarbonyl (C=S) groups is 1. The quantitative estimate of drug-likeness (QED) is 0.492. The van der Waals surface area contributed by atoms with Gasteiger partial charge >= 0.3 is 0 Å². The molecule has 0 bridgehead atoms. The van der Waals surface area contributed by atoms with Crippen LogP contribution in [0.4, 0.5) is 5.69 Å². The van der Waals surface area contributed by atoms with Gasteiger partial charge in [-0.1, -0.05) is 65.4 Å². The third-order valence-electron chi connectivity index (χ3n) is 3.30. The third-order valence-corrected chi connectivity index (χ3v) is 5.17. The lowest BCUT2D eigenvalue weighted by Gasteiger charge is -2.14.